The molecule has 1 rings (SSSR count). The number of amides is 1. The Balaban J connectivity index is 2.77. The number of sulfonamides is 1. The van der Waals surface area contributed by atoms with Crippen LogP contribution >= 0.6 is 0 Å². The minimum atomic E-state index is -3.52. The Hall–Kier alpha value is -1.44. The van der Waals surface area contributed by atoms with Gasteiger partial charge in [-0.15, -0.1) is 0 Å². The van der Waals surface area contributed by atoms with Crippen molar-refractivity contribution in [2.75, 3.05) is 5.32 Å². The van der Waals surface area contributed by atoms with E-state index in [0.29, 0.717) is 12.1 Å². The maximum atomic E-state index is 12.0. The maximum Gasteiger partial charge on any atom is 0.241 e. The van der Waals surface area contributed by atoms with E-state index in [1.54, 1.807) is 26.0 Å². The van der Waals surface area contributed by atoms with Crippen LogP contribution in [0.15, 0.2) is 29.2 Å². The molecule has 0 aliphatic carbocycles. The fraction of sp³-hybridized carbons (Fsp3) is 0.500. The molecule has 1 aromatic carbocycles. The molecule has 0 aliphatic rings. The second-order valence-corrected chi connectivity index (χ2v) is 6.90. The summed E-state index contributed by atoms with van der Waals surface area (Å²) in [5, 5.41) is 2.67. The van der Waals surface area contributed by atoms with Gasteiger partial charge in [-0.05, 0) is 44.5 Å². The molecule has 0 saturated carbocycles. The SMILES string of the molecule is CCC[C@@H](N)C(=O)Nc1ccc(S(=O)(=O)NC(C)C)cc1. The number of nitrogens with two attached hydrogens (primary N) is 1. The van der Waals surface area contributed by atoms with Gasteiger partial charge >= 0.3 is 0 Å². The average molecular weight is 313 g/mol. The molecule has 0 spiro atoms. The first-order chi connectivity index (χ1) is 9.76. The van der Waals surface area contributed by atoms with Crippen LogP contribution in [-0.4, -0.2) is 26.4 Å². The Labute approximate surface area is 126 Å². The van der Waals surface area contributed by atoms with Crippen LogP contribution in [0.4, 0.5) is 5.69 Å². The van der Waals surface area contributed by atoms with Gasteiger partial charge in [0.2, 0.25) is 15.9 Å². The van der Waals surface area contributed by atoms with E-state index in [4.69, 9.17) is 5.73 Å². The van der Waals surface area contributed by atoms with Gasteiger partial charge in [0.05, 0.1) is 10.9 Å². The van der Waals surface area contributed by atoms with Crippen molar-refractivity contribution < 1.29 is 13.2 Å². The number of rotatable bonds is 7. The van der Waals surface area contributed by atoms with Gasteiger partial charge in [0.1, 0.15) is 0 Å². The summed E-state index contributed by atoms with van der Waals surface area (Å²) in [6, 6.07) is 5.26. The van der Waals surface area contributed by atoms with Crippen LogP contribution in [0.1, 0.15) is 33.6 Å². The van der Waals surface area contributed by atoms with Gasteiger partial charge in [-0.1, -0.05) is 13.3 Å². The van der Waals surface area contributed by atoms with Crippen molar-refractivity contribution in [3.63, 3.8) is 0 Å². The summed E-state index contributed by atoms with van der Waals surface area (Å²) < 4.78 is 26.4. The highest BCUT2D eigenvalue weighted by Gasteiger charge is 2.16. The Morgan fingerprint density at radius 2 is 1.81 bits per heavy atom. The van der Waals surface area contributed by atoms with E-state index in [0.717, 1.165) is 6.42 Å². The molecule has 6 nitrogen and oxygen atoms in total. The molecule has 0 aliphatic heterocycles. The van der Waals surface area contributed by atoms with Gasteiger partial charge in [-0.25, -0.2) is 13.1 Å². The van der Waals surface area contributed by atoms with E-state index in [-0.39, 0.29) is 16.8 Å². The van der Waals surface area contributed by atoms with Gasteiger partial charge in [-0.3, -0.25) is 4.79 Å². The lowest BCUT2D eigenvalue weighted by Gasteiger charge is -2.12. The van der Waals surface area contributed by atoms with E-state index in [9.17, 15) is 13.2 Å². The minimum Gasteiger partial charge on any atom is -0.325 e. The summed E-state index contributed by atoms with van der Waals surface area (Å²) in [6.45, 7) is 5.46. The average Bonchev–Trinajstić information content (AvgIpc) is 2.38. The predicted octanol–water partition coefficient (Wildman–Crippen LogP) is 1.44. The molecule has 0 unspecified atom stereocenters. The second kappa shape index (κ2) is 7.53. The molecule has 118 valence electrons. The summed E-state index contributed by atoms with van der Waals surface area (Å²) in [5.41, 5.74) is 6.23. The van der Waals surface area contributed by atoms with Crippen molar-refractivity contribution >= 4 is 21.6 Å². The summed E-state index contributed by atoms with van der Waals surface area (Å²) in [4.78, 5) is 11.9. The van der Waals surface area contributed by atoms with E-state index in [1.165, 1.54) is 12.1 Å². The maximum absolute atomic E-state index is 12.0. The van der Waals surface area contributed by atoms with Crippen molar-refractivity contribution in [3.8, 4) is 0 Å². The quantitative estimate of drug-likeness (QED) is 0.709. The fourth-order valence-electron chi connectivity index (χ4n) is 1.77. The summed E-state index contributed by atoms with van der Waals surface area (Å²) in [7, 11) is -3.52. The van der Waals surface area contributed by atoms with Crippen molar-refractivity contribution in [3.05, 3.63) is 24.3 Å². The van der Waals surface area contributed by atoms with Crippen LogP contribution < -0.4 is 15.8 Å². The lowest BCUT2D eigenvalue weighted by molar-refractivity contribution is -0.117. The zero-order valence-electron chi connectivity index (χ0n) is 12.6. The molecular weight excluding hydrogens is 290 g/mol. The van der Waals surface area contributed by atoms with E-state index < -0.39 is 16.1 Å². The molecule has 1 aromatic rings. The van der Waals surface area contributed by atoms with Crippen LogP contribution in [0.5, 0.6) is 0 Å². The van der Waals surface area contributed by atoms with Crippen LogP contribution in [0.3, 0.4) is 0 Å². The number of carbonyl (C=O) groups is 1. The van der Waals surface area contributed by atoms with Gasteiger partial charge in [0.15, 0.2) is 0 Å². The highest BCUT2D eigenvalue weighted by molar-refractivity contribution is 7.89. The molecule has 0 aromatic heterocycles. The predicted molar refractivity (Wildman–Crippen MR) is 83.4 cm³/mol. The molecule has 7 heteroatoms. The van der Waals surface area contributed by atoms with Crippen LogP contribution in [-0.2, 0) is 14.8 Å². The summed E-state index contributed by atoms with van der Waals surface area (Å²) >= 11 is 0. The largest absolute Gasteiger partial charge is 0.325 e. The molecule has 0 fully saturated rings. The van der Waals surface area contributed by atoms with Gasteiger partial charge in [0.25, 0.3) is 0 Å². The number of hydrogen-bond acceptors (Lipinski definition) is 4. The number of hydrogen-bond donors (Lipinski definition) is 3. The van der Waals surface area contributed by atoms with Crippen LogP contribution in [0.25, 0.3) is 0 Å². The minimum absolute atomic E-state index is 0.159. The zero-order valence-corrected chi connectivity index (χ0v) is 13.4. The standard InChI is InChI=1S/C14H23N3O3S/c1-4-5-13(15)14(18)16-11-6-8-12(9-7-11)21(19,20)17-10(2)3/h6-10,13,17H,4-5,15H2,1-3H3,(H,16,18)/t13-/m1/s1. The smallest absolute Gasteiger partial charge is 0.241 e. The molecule has 1 amide bonds. The Kier molecular flexibility index (Phi) is 6.32. The monoisotopic (exact) mass is 313 g/mol. The number of anilines is 1. The summed E-state index contributed by atoms with van der Waals surface area (Å²) in [5.74, 6) is -0.271. The highest BCUT2D eigenvalue weighted by atomic mass is 32.2. The Morgan fingerprint density at radius 1 is 1.24 bits per heavy atom. The van der Waals surface area contributed by atoms with Gasteiger partial charge in [-0.2, -0.15) is 0 Å². The van der Waals surface area contributed by atoms with Crippen LogP contribution in [0, 0.1) is 0 Å². The molecule has 1 atom stereocenters. The van der Waals surface area contributed by atoms with E-state index in [1.807, 2.05) is 6.92 Å². The topological polar surface area (TPSA) is 101 Å². The summed E-state index contributed by atoms with van der Waals surface area (Å²) in [6.07, 6.45) is 1.43. The molecule has 0 bridgehead atoms. The Morgan fingerprint density at radius 3 is 2.29 bits per heavy atom. The first-order valence-corrected chi connectivity index (χ1v) is 8.43. The van der Waals surface area contributed by atoms with E-state index in [2.05, 4.69) is 10.0 Å². The van der Waals surface area contributed by atoms with Crippen molar-refractivity contribution in [2.45, 2.75) is 50.6 Å². The molecule has 21 heavy (non-hydrogen) atoms. The third kappa shape index (κ3) is 5.45. The number of benzene rings is 1. The van der Waals surface area contributed by atoms with Gasteiger partial charge in [0, 0.05) is 11.7 Å². The fourth-order valence-corrected chi connectivity index (χ4v) is 3.02. The van der Waals surface area contributed by atoms with Crippen LogP contribution in [0.2, 0.25) is 0 Å². The first-order valence-electron chi connectivity index (χ1n) is 6.95. The first kappa shape index (κ1) is 17.6. The third-order valence-corrected chi connectivity index (χ3v) is 4.43. The van der Waals surface area contributed by atoms with Crippen molar-refractivity contribution in [1.82, 2.24) is 4.72 Å². The van der Waals surface area contributed by atoms with Gasteiger partial charge < -0.3 is 11.1 Å². The lowest BCUT2D eigenvalue weighted by atomic mass is 10.1. The molecule has 0 heterocycles. The highest BCUT2D eigenvalue weighted by Crippen LogP contribution is 2.14. The Bertz CT molecular complexity index is 568. The second-order valence-electron chi connectivity index (χ2n) is 5.18. The van der Waals surface area contributed by atoms with E-state index >= 15 is 0 Å². The lowest BCUT2D eigenvalue weighted by Crippen LogP contribution is -2.35. The molecule has 4 N–H and O–H groups in total. The normalized spacial score (nSPS) is 13.2. The number of nitrogens with one attached hydrogen (secondary N) is 2. The van der Waals surface area contributed by atoms with Crippen molar-refractivity contribution in [2.24, 2.45) is 5.73 Å². The zero-order chi connectivity index (χ0) is 16.0. The molecule has 0 saturated heterocycles. The molecule has 0 radical (unpaired) electrons. The van der Waals surface area contributed by atoms with Crippen molar-refractivity contribution in [1.29, 1.82) is 0 Å². The number of carbonyl (C=O) groups excluding carboxylic acids is 1. The molecular formula is C14H23N3O3S. The third-order valence-electron chi connectivity index (χ3n) is 2.76.